The minimum Gasteiger partial charge on any atom is -0.321 e. The van der Waals surface area contributed by atoms with Gasteiger partial charge in [-0.25, -0.2) is 9.97 Å². The van der Waals surface area contributed by atoms with E-state index in [9.17, 15) is 4.79 Å². The van der Waals surface area contributed by atoms with E-state index in [2.05, 4.69) is 15.3 Å². The zero-order chi connectivity index (χ0) is 14.9. The third-order valence-corrected chi connectivity index (χ3v) is 3.91. The molecular weight excluding hydrogens is 274 g/mol. The normalized spacial score (nSPS) is 14.0. The Hall–Kier alpha value is -2.75. The highest BCUT2D eigenvalue weighted by atomic mass is 16.1. The molecule has 1 fully saturated rings. The van der Waals surface area contributed by atoms with Gasteiger partial charge >= 0.3 is 0 Å². The molecule has 1 aromatic heterocycles. The number of carbonyl (C=O) groups is 1. The third kappa shape index (κ3) is 2.44. The molecule has 0 atom stereocenters. The van der Waals surface area contributed by atoms with Crippen molar-refractivity contribution in [2.75, 3.05) is 5.32 Å². The van der Waals surface area contributed by atoms with E-state index in [0.717, 1.165) is 35.1 Å². The largest absolute Gasteiger partial charge is 0.321 e. The van der Waals surface area contributed by atoms with Gasteiger partial charge < -0.3 is 5.32 Å². The molecular formula is C18H15N3O. The highest BCUT2D eigenvalue weighted by Gasteiger charge is 2.26. The predicted molar refractivity (Wildman–Crippen MR) is 85.9 cm³/mol. The summed E-state index contributed by atoms with van der Waals surface area (Å²) in [5.41, 5.74) is 1.28. The van der Waals surface area contributed by atoms with Crippen LogP contribution in [0.3, 0.4) is 0 Å². The second-order valence-electron chi connectivity index (χ2n) is 5.59. The summed E-state index contributed by atoms with van der Waals surface area (Å²) in [7, 11) is 0. The van der Waals surface area contributed by atoms with Crippen LogP contribution in [0.15, 0.2) is 54.9 Å². The Labute approximate surface area is 128 Å². The molecule has 4 rings (SSSR count). The number of hydrogen-bond acceptors (Lipinski definition) is 3. The molecule has 4 nitrogen and oxygen atoms in total. The van der Waals surface area contributed by atoms with E-state index in [0.29, 0.717) is 11.5 Å². The third-order valence-electron chi connectivity index (χ3n) is 3.91. The van der Waals surface area contributed by atoms with Crippen molar-refractivity contribution < 1.29 is 4.79 Å². The molecule has 0 radical (unpaired) electrons. The van der Waals surface area contributed by atoms with Crippen molar-refractivity contribution in [3.05, 3.63) is 66.2 Å². The van der Waals surface area contributed by atoms with E-state index in [-0.39, 0.29) is 5.91 Å². The number of nitrogens with one attached hydrogen (secondary N) is 1. The molecule has 1 amide bonds. The van der Waals surface area contributed by atoms with Crippen LogP contribution in [0.2, 0.25) is 0 Å². The summed E-state index contributed by atoms with van der Waals surface area (Å²) < 4.78 is 0. The molecule has 0 saturated heterocycles. The Morgan fingerprint density at radius 1 is 1.00 bits per heavy atom. The van der Waals surface area contributed by atoms with Gasteiger partial charge in [0.25, 0.3) is 5.91 Å². The van der Waals surface area contributed by atoms with Crippen LogP contribution in [-0.2, 0) is 0 Å². The number of hydrogen-bond donors (Lipinski definition) is 1. The number of anilines is 1. The van der Waals surface area contributed by atoms with Crippen molar-refractivity contribution in [1.29, 1.82) is 0 Å². The molecule has 0 unspecified atom stereocenters. The fraction of sp³-hybridized carbons (Fsp3) is 0.167. The van der Waals surface area contributed by atoms with Gasteiger partial charge in [0, 0.05) is 29.4 Å². The number of fused-ring (bicyclic) bond motifs is 1. The van der Waals surface area contributed by atoms with E-state index in [1.165, 1.54) is 0 Å². The Morgan fingerprint density at radius 2 is 1.73 bits per heavy atom. The van der Waals surface area contributed by atoms with Crippen molar-refractivity contribution in [3.63, 3.8) is 0 Å². The lowest BCUT2D eigenvalue weighted by atomic mass is 10.1. The van der Waals surface area contributed by atoms with Crippen molar-refractivity contribution in [2.24, 2.45) is 0 Å². The van der Waals surface area contributed by atoms with Gasteiger partial charge in [-0.15, -0.1) is 0 Å². The zero-order valence-corrected chi connectivity index (χ0v) is 12.0. The van der Waals surface area contributed by atoms with Crippen LogP contribution in [0.1, 0.15) is 34.9 Å². The van der Waals surface area contributed by atoms with Gasteiger partial charge in [-0.05, 0) is 24.3 Å². The van der Waals surface area contributed by atoms with E-state index in [4.69, 9.17) is 0 Å². The SMILES string of the molecule is O=C(Nc1cccc2ccccc12)c1cnc(C2CC2)nc1. The van der Waals surface area contributed by atoms with E-state index in [1.807, 2.05) is 42.5 Å². The van der Waals surface area contributed by atoms with Crippen LogP contribution in [0.4, 0.5) is 5.69 Å². The maximum Gasteiger partial charge on any atom is 0.258 e. The summed E-state index contributed by atoms with van der Waals surface area (Å²) in [5, 5.41) is 5.07. The quantitative estimate of drug-likeness (QED) is 0.798. The summed E-state index contributed by atoms with van der Waals surface area (Å²) >= 11 is 0. The second-order valence-corrected chi connectivity index (χ2v) is 5.59. The van der Waals surface area contributed by atoms with Crippen LogP contribution in [0.5, 0.6) is 0 Å². The number of nitrogens with zero attached hydrogens (tertiary/aromatic N) is 2. The lowest BCUT2D eigenvalue weighted by Crippen LogP contribution is -2.13. The molecule has 4 heteroatoms. The Kier molecular flexibility index (Phi) is 3.07. The standard InChI is InChI=1S/C18H15N3O/c22-18(14-10-19-17(20-11-14)13-8-9-13)21-16-7-3-5-12-4-1-2-6-15(12)16/h1-7,10-11,13H,8-9H2,(H,21,22). The summed E-state index contributed by atoms with van der Waals surface area (Å²) in [5.74, 6) is 1.16. The maximum atomic E-state index is 12.4. The Balaban J connectivity index is 1.60. The summed E-state index contributed by atoms with van der Waals surface area (Å²) in [4.78, 5) is 21.0. The van der Waals surface area contributed by atoms with Crippen LogP contribution in [0.25, 0.3) is 10.8 Å². The van der Waals surface area contributed by atoms with E-state index < -0.39 is 0 Å². The molecule has 1 aliphatic rings. The first kappa shape index (κ1) is 13.0. The number of benzene rings is 2. The predicted octanol–water partition coefficient (Wildman–Crippen LogP) is 3.76. The molecule has 22 heavy (non-hydrogen) atoms. The second kappa shape index (κ2) is 5.22. The highest BCUT2D eigenvalue weighted by Crippen LogP contribution is 2.37. The van der Waals surface area contributed by atoms with Gasteiger partial charge in [0.05, 0.1) is 5.56 Å². The van der Waals surface area contributed by atoms with Crippen molar-refractivity contribution in [2.45, 2.75) is 18.8 Å². The monoisotopic (exact) mass is 289 g/mol. The smallest absolute Gasteiger partial charge is 0.258 e. The van der Waals surface area contributed by atoms with Gasteiger partial charge in [-0.3, -0.25) is 4.79 Å². The zero-order valence-electron chi connectivity index (χ0n) is 12.0. The molecule has 1 heterocycles. The first-order chi connectivity index (χ1) is 10.8. The molecule has 0 spiro atoms. The van der Waals surface area contributed by atoms with E-state index in [1.54, 1.807) is 12.4 Å². The lowest BCUT2D eigenvalue weighted by molar-refractivity contribution is 0.102. The minimum absolute atomic E-state index is 0.182. The Bertz CT molecular complexity index is 833. The molecule has 1 aliphatic carbocycles. The minimum atomic E-state index is -0.182. The Morgan fingerprint density at radius 3 is 2.50 bits per heavy atom. The fourth-order valence-electron chi connectivity index (χ4n) is 2.54. The summed E-state index contributed by atoms with van der Waals surface area (Å²) in [6.45, 7) is 0. The number of rotatable bonds is 3. The van der Waals surface area contributed by atoms with Gasteiger partial charge in [0.15, 0.2) is 0 Å². The lowest BCUT2D eigenvalue weighted by Gasteiger charge is -2.08. The number of amides is 1. The van der Waals surface area contributed by atoms with Crippen LogP contribution < -0.4 is 5.32 Å². The van der Waals surface area contributed by atoms with Crippen LogP contribution in [-0.4, -0.2) is 15.9 Å². The fourth-order valence-corrected chi connectivity index (χ4v) is 2.54. The molecule has 2 aromatic carbocycles. The maximum absolute atomic E-state index is 12.4. The highest BCUT2D eigenvalue weighted by molar-refractivity contribution is 6.08. The first-order valence-corrected chi connectivity index (χ1v) is 7.42. The summed E-state index contributed by atoms with van der Waals surface area (Å²) in [6, 6.07) is 13.8. The summed E-state index contributed by atoms with van der Waals surface area (Å²) in [6.07, 6.45) is 5.53. The molecule has 1 N–H and O–H groups in total. The van der Waals surface area contributed by atoms with Crippen LogP contribution in [0, 0.1) is 0 Å². The van der Waals surface area contributed by atoms with Gasteiger partial charge in [0.2, 0.25) is 0 Å². The molecule has 1 saturated carbocycles. The van der Waals surface area contributed by atoms with Gasteiger partial charge in [-0.2, -0.15) is 0 Å². The molecule has 3 aromatic rings. The van der Waals surface area contributed by atoms with E-state index >= 15 is 0 Å². The molecule has 108 valence electrons. The first-order valence-electron chi connectivity index (χ1n) is 7.42. The number of aromatic nitrogens is 2. The van der Waals surface area contributed by atoms with Crippen LogP contribution >= 0.6 is 0 Å². The van der Waals surface area contributed by atoms with Gasteiger partial charge in [-0.1, -0.05) is 36.4 Å². The topological polar surface area (TPSA) is 54.9 Å². The average molecular weight is 289 g/mol. The number of carbonyl (C=O) groups excluding carboxylic acids is 1. The molecule has 0 bridgehead atoms. The molecule has 0 aliphatic heterocycles. The van der Waals surface area contributed by atoms with Gasteiger partial charge in [0.1, 0.15) is 5.82 Å². The average Bonchev–Trinajstić information content (AvgIpc) is 3.40. The van der Waals surface area contributed by atoms with Crippen molar-refractivity contribution >= 4 is 22.4 Å². The van der Waals surface area contributed by atoms with Crippen molar-refractivity contribution in [3.8, 4) is 0 Å². The van der Waals surface area contributed by atoms with Crippen molar-refractivity contribution in [1.82, 2.24) is 9.97 Å².